The molecule has 0 unspecified atom stereocenters. The molecule has 0 radical (unpaired) electrons. The summed E-state index contributed by atoms with van der Waals surface area (Å²) >= 11 is 0. The normalized spacial score (nSPS) is 14.6. The molecular weight excluding hydrogens is 204 g/mol. The van der Waals surface area contributed by atoms with Crippen LogP contribution in [0.2, 0.25) is 0 Å². The Bertz CT molecular complexity index is 524. The van der Waals surface area contributed by atoms with Crippen LogP contribution in [0, 0.1) is 13.8 Å². The van der Waals surface area contributed by atoms with Crippen molar-refractivity contribution in [3.05, 3.63) is 46.2 Å². The minimum atomic E-state index is -0.222. The molecule has 1 aliphatic carbocycles. The summed E-state index contributed by atoms with van der Waals surface area (Å²) in [4.78, 5) is 23.7. The van der Waals surface area contributed by atoms with Crippen molar-refractivity contribution in [2.75, 3.05) is 7.11 Å². The highest BCUT2D eigenvalue weighted by atomic mass is 16.5. The molecule has 2 rings (SSSR count). The predicted octanol–water partition coefficient (Wildman–Crippen LogP) is 2.21. The van der Waals surface area contributed by atoms with Crippen molar-refractivity contribution in [3.63, 3.8) is 0 Å². The summed E-state index contributed by atoms with van der Waals surface area (Å²) < 4.78 is 4.89. The lowest BCUT2D eigenvalue weighted by atomic mass is 9.90. The molecule has 0 atom stereocenters. The molecule has 0 saturated carbocycles. The number of Topliss-reactive ketones (excluding diaryl/α,β-unsaturated/α-hetero) is 1. The molecule has 0 N–H and O–H groups in total. The lowest BCUT2D eigenvalue weighted by Crippen LogP contribution is -2.18. The molecule has 0 fully saturated rings. The monoisotopic (exact) mass is 216 g/mol. The average molecular weight is 216 g/mol. The van der Waals surface area contributed by atoms with Crippen molar-refractivity contribution in [3.8, 4) is 0 Å². The maximum absolute atomic E-state index is 11.9. The fourth-order valence-electron chi connectivity index (χ4n) is 1.75. The fraction of sp³-hybridized carbons (Fsp3) is 0.231. The summed E-state index contributed by atoms with van der Waals surface area (Å²) in [7, 11) is 1.39. The van der Waals surface area contributed by atoms with Gasteiger partial charge in [-0.3, -0.25) is 9.59 Å². The van der Waals surface area contributed by atoms with E-state index in [-0.39, 0.29) is 17.3 Å². The Morgan fingerprint density at radius 2 is 1.56 bits per heavy atom. The van der Waals surface area contributed by atoms with Gasteiger partial charge in [-0.05, 0) is 37.1 Å². The standard InChI is InChI=1S/C13H12O3/c1-7-4-9-10(5-8(7)2)13(15)12(16-3)6-11(9)14/h4-6H,1-3H3. The highest BCUT2D eigenvalue weighted by Gasteiger charge is 2.26. The summed E-state index contributed by atoms with van der Waals surface area (Å²) in [6, 6.07) is 3.50. The second kappa shape index (κ2) is 3.59. The van der Waals surface area contributed by atoms with Crippen molar-refractivity contribution in [2.45, 2.75) is 13.8 Å². The number of fused-ring (bicyclic) bond motifs is 1. The number of ketones is 2. The van der Waals surface area contributed by atoms with Crippen molar-refractivity contribution < 1.29 is 14.3 Å². The number of allylic oxidation sites excluding steroid dienone is 2. The first kappa shape index (κ1) is 10.6. The topological polar surface area (TPSA) is 43.4 Å². The van der Waals surface area contributed by atoms with Gasteiger partial charge in [-0.1, -0.05) is 0 Å². The van der Waals surface area contributed by atoms with Crippen LogP contribution < -0.4 is 0 Å². The number of carbonyl (C=O) groups excluding carboxylic acids is 2. The first-order valence-electron chi connectivity index (χ1n) is 5.00. The minimum absolute atomic E-state index is 0.112. The molecule has 0 aromatic heterocycles. The molecule has 16 heavy (non-hydrogen) atoms. The van der Waals surface area contributed by atoms with E-state index >= 15 is 0 Å². The molecule has 0 spiro atoms. The number of carbonyl (C=O) groups is 2. The molecule has 3 heteroatoms. The largest absolute Gasteiger partial charge is 0.492 e. The van der Waals surface area contributed by atoms with Crippen LogP contribution in [-0.4, -0.2) is 18.7 Å². The molecule has 0 bridgehead atoms. The van der Waals surface area contributed by atoms with Crippen molar-refractivity contribution in [1.82, 2.24) is 0 Å². The van der Waals surface area contributed by atoms with E-state index in [4.69, 9.17) is 4.74 Å². The Balaban J connectivity index is 2.66. The maximum Gasteiger partial charge on any atom is 0.228 e. The van der Waals surface area contributed by atoms with Gasteiger partial charge in [-0.2, -0.15) is 0 Å². The molecule has 0 amide bonds. The van der Waals surface area contributed by atoms with Crippen molar-refractivity contribution in [2.24, 2.45) is 0 Å². The van der Waals surface area contributed by atoms with Crippen LogP contribution in [0.3, 0.4) is 0 Å². The smallest absolute Gasteiger partial charge is 0.228 e. The molecule has 0 heterocycles. The third-order valence-electron chi connectivity index (χ3n) is 2.85. The zero-order valence-electron chi connectivity index (χ0n) is 9.46. The van der Waals surface area contributed by atoms with Gasteiger partial charge in [0.2, 0.25) is 5.78 Å². The Morgan fingerprint density at radius 1 is 1.00 bits per heavy atom. The van der Waals surface area contributed by atoms with Gasteiger partial charge < -0.3 is 4.74 Å². The third-order valence-corrected chi connectivity index (χ3v) is 2.85. The Hall–Kier alpha value is -1.90. The van der Waals surface area contributed by atoms with Gasteiger partial charge in [-0.15, -0.1) is 0 Å². The number of hydrogen-bond acceptors (Lipinski definition) is 3. The number of rotatable bonds is 1. The summed E-state index contributed by atoms with van der Waals surface area (Å²) in [6.45, 7) is 3.83. The van der Waals surface area contributed by atoms with Gasteiger partial charge >= 0.3 is 0 Å². The van der Waals surface area contributed by atoms with Gasteiger partial charge in [-0.25, -0.2) is 0 Å². The number of ether oxygens (including phenoxy) is 1. The Morgan fingerprint density at radius 3 is 2.12 bits per heavy atom. The maximum atomic E-state index is 11.9. The van der Waals surface area contributed by atoms with E-state index in [1.165, 1.54) is 13.2 Å². The number of methoxy groups -OCH3 is 1. The van der Waals surface area contributed by atoms with Gasteiger partial charge in [0, 0.05) is 17.2 Å². The van der Waals surface area contributed by atoms with Crippen LogP contribution in [0.15, 0.2) is 24.0 Å². The molecule has 3 nitrogen and oxygen atoms in total. The zero-order valence-corrected chi connectivity index (χ0v) is 9.46. The van der Waals surface area contributed by atoms with Crippen molar-refractivity contribution in [1.29, 1.82) is 0 Å². The third kappa shape index (κ3) is 1.45. The van der Waals surface area contributed by atoms with Crippen LogP contribution in [0.25, 0.3) is 0 Å². The van der Waals surface area contributed by atoms with Crippen LogP contribution >= 0.6 is 0 Å². The number of hydrogen-bond donors (Lipinski definition) is 0. The second-order valence-electron chi connectivity index (χ2n) is 3.89. The summed E-state index contributed by atoms with van der Waals surface area (Å²) in [5.74, 6) is -0.282. The van der Waals surface area contributed by atoms with E-state index in [0.717, 1.165) is 11.1 Å². The first-order valence-corrected chi connectivity index (χ1v) is 5.00. The zero-order chi connectivity index (χ0) is 11.9. The predicted molar refractivity (Wildman–Crippen MR) is 59.7 cm³/mol. The van der Waals surface area contributed by atoms with Crippen LogP contribution in [-0.2, 0) is 4.74 Å². The van der Waals surface area contributed by atoms with Crippen LogP contribution in [0.1, 0.15) is 31.8 Å². The molecule has 0 aliphatic heterocycles. The lowest BCUT2D eigenvalue weighted by molar-refractivity contribution is 0.0916. The number of aryl methyl sites for hydroxylation is 2. The molecular formula is C13H12O3. The van der Waals surface area contributed by atoms with Gasteiger partial charge in [0.05, 0.1) is 7.11 Å². The van der Waals surface area contributed by atoms with E-state index in [1.807, 2.05) is 13.8 Å². The summed E-state index contributed by atoms with van der Waals surface area (Å²) in [5.41, 5.74) is 2.91. The SMILES string of the molecule is COC1=CC(=O)c2cc(C)c(C)cc2C1=O. The van der Waals surface area contributed by atoms with E-state index in [1.54, 1.807) is 12.1 Å². The highest BCUT2D eigenvalue weighted by Crippen LogP contribution is 2.24. The molecule has 82 valence electrons. The van der Waals surface area contributed by atoms with Crippen molar-refractivity contribution >= 4 is 11.6 Å². The lowest BCUT2D eigenvalue weighted by Gasteiger charge is -2.15. The highest BCUT2D eigenvalue weighted by molar-refractivity contribution is 6.23. The second-order valence-corrected chi connectivity index (χ2v) is 3.89. The Labute approximate surface area is 93.7 Å². The molecule has 0 saturated heterocycles. The summed E-state index contributed by atoms with van der Waals surface area (Å²) in [6.07, 6.45) is 1.25. The van der Waals surface area contributed by atoms with E-state index < -0.39 is 0 Å². The average Bonchev–Trinajstić information content (AvgIpc) is 2.26. The fourth-order valence-corrected chi connectivity index (χ4v) is 1.75. The quantitative estimate of drug-likeness (QED) is 0.722. The van der Waals surface area contributed by atoms with Gasteiger partial charge in [0.1, 0.15) is 0 Å². The summed E-state index contributed by atoms with van der Waals surface area (Å²) in [5, 5.41) is 0. The minimum Gasteiger partial charge on any atom is -0.492 e. The van der Waals surface area contributed by atoms with Crippen LogP contribution in [0.5, 0.6) is 0 Å². The molecule has 1 aromatic rings. The van der Waals surface area contributed by atoms with E-state index in [0.29, 0.717) is 11.1 Å². The Kier molecular flexibility index (Phi) is 2.38. The van der Waals surface area contributed by atoms with Crippen LogP contribution in [0.4, 0.5) is 0 Å². The van der Waals surface area contributed by atoms with Gasteiger partial charge in [0.15, 0.2) is 11.5 Å². The molecule has 1 aliphatic rings. The number of benzene rings is 1. The van der Waals surface area contributed by atoms with E-state index in [9.17, 15) is 9.59 Å². The molecule has 1 aromatic carbocycles. The van der Waals surface area contributed by atoms with Gasteiger partial charge in [0.25, 0.3) is 0 Å². The van der Waals surface area contributed by atoms with E-state index in [2.05, 4.69) is 0 Å². The first-order chi connectivity index (χ1) is 7.54.